The standard InChI is InChI=1S/C11H11F3N2O3/c12-11(13,14)7-5-10(17)6(4-9(7)16(18)19)8-2-1-3-15-8/h4-5,8,15,17H,1-3H2/t8-/m1/s1. The van der Waals surface area contributed by atoms with E-state index in [4.69, 9.17) is 0 Å². The number of hydrogen-bond donors (Lipinski definition) is 2. The summed E-state index contributed by atoms with van der Waals surface area (Å²) in [7, 11) is 0. The molecule has 1 atom stereocenters. The van der Waals surface area contributed by atoms with E-state index < -0.39 is 28.1 Å². The van der Waals surface area contributed by atoms with Gasteiger partial charge >= 0.3 is 6.18 Å². The second kappa shape index (κ2) is 4.69. The second-order valence-electron chi connectivity index (χ2n) is 4.33. The molecule has 8 heteroatoms. The summed E-state index contributed by atoms with van der Waals surface area (Å²) in [6.07, 6.45) is -3.45. The Kier molecular flexibility index (Phi) is 3.36. The fourth-order valence-corrected chi connectivity index (χ4v) is 2.20. The van der Waals surface area contributed by atoms with Crippen LogP contribution in [0.4, 0.5) is 18.9 Å². The lowest BCUT2D eigenvalue weighted by molar-refractivity contribution is -0.388. The third kappa shape index (κ3) is 2.62. The first-order valence-corrected chi connectivity index (χ1v) is 5.62. The number of rotatable bonds is 2. The van der Waals surface area contributed by atoms with Crippen molar-refractivity contribution in [2.24, 2.45) is 0 Å². The molecule has 0 bridgehead atoms. The van der Waals surface area contributed by atoms with E-state index >= 15 is 0 Å². The topological polar surface area (TPSA) is 75.4 Å². The zero-order valence-corrected chi connectivity index (χ0v) is 9.70. The van der Waals surface area contributed by atoms with E-state index in [2.05, 4.69) is 5.32 Å². The molecule has 0 unspecified atom stereocenters. The predicted octanol–water partition coefficient (Wildman–Crippen LogP) is 2.74. The van der Waals surface area contributed by atoms with E-state index in [1.165, 1.54) is 0 Å². The summed E-state index contributed by atoms with van der Waals surface area (Å²) in [6.45, 7) is 0.666. The highest BCUT2D eigenvalue weighted by molar-refractivity contribution is 5.52. The van der Waals surface area contributed by atoms with Crippen molar-refractivity contribution in [3.8, 4) is 5.75 Å². The van der Waals surface area contributed by atoms with Gasteiger partial charge in [-0.2, -0.15) is 13.2 Å². The van der Waals surface area contributed by atoms with E-state index in [-0.39, 0.29) is 11.6 Å². The van der Waals surface area contributed by atoms with Gasteiger partial charge in [0.1, 0.15) is 11.3 Å². The van der Waals surface area contributed by atoms with E-state index in [1.54, 1.807) is 0 Å². The van der Waals surface area contributed by atoms with Gasteiger partial charge < -0.3 is 10.4 Å². The summed E-state index contributed by atoms with van der Waals surface area (Å²) in [5.74, 6) is -0.572. The maximum atomic E-state index is 12.7. The number of nitro benzene ring substituents is 1. The van der Waals surface area contributed by atoms with Gasteiger partial charge in [-0.1, -0.05) is 0 Å². The highest BCUT2D eigenvalue weighted by atomic mass is 19.4. The van der Waals surface area contributed by atoms with E-state index in [0.717, 1.165) is 12.5 Å². The lowest BCUT2D eigenvalue weighted by atomic mass is 10.00. The molecule has 19 heavy (non-hydrogen) atoms. The van der Waals surface area contributed by atoms with Crippen molar-refractivity contribution in [3.63, 3.8) is 0 Å². The molecule has 1 aromatic rings. The molecule has 104 valence electrons. The second-order valence-corrected chi connectivity index (χ2v) is 4.33. The van der Waals surface area contributed by atoms with Crippen LogP contribution < -0.4 is 5.32 Å². The fourth-order valence-electron chi connectivity index (χ4n) is 2.20. The minimum Gasteiger partial charge on any atom is -0.508 e. The van der Waals surface area contributed by atoms with Gasteiger partial charge in [0.2, 0.25) is 0 Å². The van der Waals surface area contributed by atoms with Gasteiger partial charge in [0, 0.05) is 17.7 Å². The van der Waals surface area contributed by atoms with Crippen LogP contribution in [0.3, 0.4) is 0 Å². The summed E-state index contributed by atoms with van der Waals surface area (Å²) in [4.78, 5) is 9.67. The van der Waals surface area contributed by atoms with Gasteiger partial charge in [0.25, 0.3) is 5.69 Å². The highest BCUT2D eigenvalue weighted by Gasteiger charge is 2.40. The van der Waals surface area contributed by atoms with Crippen LogP contribution in [-0.4, -0.2) is 16.6 Å². The molecule has 0 aliphatic carbocycles. The van der Waals surface area contributed by atoms with Crippen molar-refractivity contribution in [2.75, 3.05) is 6.54 Å². The van der Waals surface area contributed by atoms with Crippen LogP contribution in [0.15, 0.2) is 12.1 Å². The molecule has 1 aromatic carbocycles. The number of nitrogens with zero attached hydrogens (tertiary/aromatic N) is 1. The molecule has 0 amide bonds. The Morgan fingerprint density at radius 3 is 2.58 bits per heavy atom. The molecule has 1 saturated heterocycles. The average molecular weight is 276 g/mol. The number of hydrogen-bond acceptors (Lipinski definition) is 4. The summed E-state index contributed by atoms with van der Waals surface area (Å²) in [6, 6.07) is 0.884. The third-order valence-electron chi connectivity index (χ3n) is 3.08. The molecular formula is C11H11F3N2O3. The summed E-state index contributed by atoms with van der Waals surface area (Å²) >= 11 is 0. The van der Waals surface area contributed by atoms with Gasteiger partial charge in [-0.05, 0) is 25.5 Å². The van der Waals surface area contributed by atoms with Crippen molar-refractivity contribution in [2.45, 2.75) is 25.1 Å². The number of nitro groups is 1. The first-order chi connectivity index (χ1) is 8.80. The average Bonchev–Trinajstić information content (AvgIpc) is 2.80. The summed E-state index contributed by atoms with van der Waals surface area (Å²) in [5, 5.41) is 23.4. The van der Waals surface area contributed by atoms with E-state index in [1.807, 2.05) is 0 Å². The molecule has 2 rings (SSSR count). The van der Waals surface area contributed by atoms with Crippen LogP contribution in [0.5, 0.6) is 5.75 Å². The van der Waals surface area contributed by atoms with E-state index in [0.29, 0.717) is 19.0 Å². The highest BCUT2D eigenvalue weighted by Crippen LogP contribution is 2.42. The zero-order valence-electron chi connectivity index (χ0n) is 9.70. The number of phenols is 1. The minimum atomic E-state index is -4.87. The number of benzene rings is 1. The van der Waals surface area contributed by atoms with Crippen molar-refractivity contribution in [3.05, 3.63) is 33.4 Å². The van der Waals surface area contributed by atoms with Gasteiger partial charge in [-0.3, -0.25) is 10.1 Å². The summed E-state index contributed by atoms with van der Waals surface area (Å²) in [5.41, 5.74) is -2.33. The van der Waals surface area contributed by atoms with Crippen LogP contribution >= 0.6 is 0 Å². The molecule has 0 radical (unpaired) electrons. The first kappa shape index (κ1) is 13.6. The molecule has 0 saturated carbocycles. The molecular weight excluding hydrogens is 265 g/mol. The van der Waals surface area contributed by atoms with Crippen molar-refractivity contribution in [1.29, 1.82) is 0 Å². The molecule has 1 heterocycles. The van der Waals surface area contributed by atoms with Crippen molar-refractivity contribution >= 4 is 5.69 Å². The third-order valence-corrected chi connectivity index (χ3v) is 3.08. The Bertz CT molecular complexity index is 511. The van der Waals surface area contributed by atoms with Crippen LogP contribution in [0.25, 0.3) is 0 Å². The molecule has 2 N–H and O–H groups in total. The van der Waals surface area contributed by atoms with Gasteiger partial charge in [0.15, 0.2) is 0 Å². The zero-order chi connectivity index (χ0) is 14.2. The van der Waals surface area contributed by atoms with Gasteiger partial charge in [-0.25, -0.2) is 0 Å². The smallest absolute Gasteiger partial charge is 0.423 e. The van der Waals surface area contributed by atoms with Crippen LogP contribution in [0.2, 0.25) is 0 Å². The number of aromatic hydroxyl groups is 1. The Morgan fingerprint density at radius 1 is 1.42 bits per heavy atom. The Hall–Kier alpha value is -1.83. The quantitative estimate of drug-likeness (QED) is 0.643. The Labute approximate surface area is 106 Å². The SMILES string of the molecule is O=[N+]([O-])c1cc([C@H]2CCCN2)c(O)cc1C(F)(F)F. The van der Waals surface area contributed by atoms with Crippen LogP contribution in [0, 0.1) is 10.1 Å². The molecule has 1 aliphatic heterocycles. The largest absolute Gasteiger partial charge is 0.508 e. The van der Waals surface area contributed by atoms with Crippen molar-refractivity contribution < 1.29 is 23.2 Å². The van der Waals surface area contributed by atoms with Crippen LogP contribution in [-0.2, 0) is 6.18 Å². The first-order valence-electron chi connectivity index (χ1n) is 5.62. The lowest BCUT2D eigenvalue weighted by Crippen LogP contribution is -2.15. The molecule has 1 fully saturated rings. The van der Waals surface area contributed by atoms with E-state index in [9.17, 15) is 28.4 Å². The van der Waals surface area contributed by atoms with Crippen molar-refractivity contribution in [1.82, 2.24) is 5.32 Å². The van der Waals surface area contributed by atoms with Gasteiger partial charge in [-0.15, -0.1) is 0 Å². The van der Waals surface area contributed by atoms with Gasteiger partial charge in [0.05, 0.1) is 4.92 Å². The lowest BCUT2D eigenvalue weighted by Gasteiger charge is -2.15. The number of alkyl halides is 3. The Balaban J connectivity index is 2.54. The normalized spacial score (nSPS) is 19.6. The molecule has 0 aromatic heterocycles. The minimum absolute atomic E-state index is 0.136. The Morgan fingerprint density at radius 2 is 2.11 bits per heavy atom. The molecule has 5 nitrogen and oxygen atoms in total. The molecule has 0 spiro atoms. The maximum Gasteiger partial charge on any atom is 0.423 e. The fraction of sp³-hybridized carbons (Fsp3) is 0.455. The predicted molar refractivity (Wildman–Crippen MR) is 59.7 cm³/mol. The number of nitrogens with one attached hydrogen (secondary N) is 1. The summed E-state index contributed by atoms with van der Waals surface area (Å²) < 4.78 is 38.0. The molecule has 1 aliphatic rings. The monoisotopic (exact) mass is 276 g/mol. The maximum absolute atomic E-state index is 12.7. The number of phenolic OH excluding ortho intramolecular Hbond substituents is 1. The van der Waals surface area contributed by atoms with Crippen LogP contribution in [0.1, 0.15) is 30.0 Å². The number of halogens is 3.